The average molecular weight is 490 g/mol. The number of unbranched alkanes of at least 4 members (excludes halogenated alkanes) is 1. The number of ether oxygens (including phenoxy) is 2. The molecule has 1 aromatic heterocycles. The molecule has 1 unspecified atom stereocenters. The van der Waals surface area contributed by atoms with E-state index in [1.54, 1.807) is 23.5 Å². The molecule has 1 atom stereocenters. The van der Waals surface area contributed by atoms with Gasteiger partial charge in [-0.25, -0.2) is 13.8 Å². The number of nitrogens with zero attached hydrogens (tertiary/aromatic N) is 2. The van der Waals surface area contributed by atoms with Gasteiger partial charge in [0, 0.05) is 29.0 Å². The standard InChI is InChI=1S/C25H29F2N3O3S/c1-5-6-7-22(33-17-9-11-19(21(27)13-17)25(28)30-31)32-16-8-10-18(20(26)12-16)23-24(14(2)3)34-15(4)29-23/h8-14,22,31H,5-7H2,1-4H3,(H2,28,30). The van der Waals surface area contributed by atoms with E-state index in [1.165, 1.54) is 18.2 Å². The van der Waals surface area contributed by atoms with Crippen molar-refractivity contribution in [3.8, 4) is 22.8 Å². The quantitative estimate of drug-likeness (QED) is 0.110. The van der Waals surface area contributed by atoms with Crippen LogP contribution in [-0.2, 0) is 0 Å². The Morgan fingerprint density at radius 3 is 2.32 bits per heavy atom. The Balaban J connectivity index is 1.82. The van der Waals surface area contributed by atoms with Crippen molar-refractivity contribution in [2.45, 2.75) is 59.2 Å². The Kier molecular flexibility index (Phi) is 8.44. The molecule has 3 rings (SSSR count). The monoisotopic (exact) mass is 489 g/mol. The summed E-state index contributed by atoms with van der Waals surface area (Å²) in [6, 6.07) is 8.65. The maximum atomic E-state index is 15.1. The van der Waals surface area contributed by atoms with Crippen molar-refractivity contribution in [1.29, 1.82) is 0 Å². The van der Waals surface area contributed by atoms with Gasteiger partial charge in [0.1, 0.15) is 23.1 Å². The zero-order chi connectivity index (χ0) is 24.8. The van der Waals surface area contributed by atoms with E-state index in [9.17, 15) is 4.39 Å². The average Bonchev–Trinajstić information content (AvgIpc) is 3.19. The number of hydrogen-bond donors (Lipinski definition) is 2. The molecular weight excluding hydrogens is 460 g/mol. The van der Waals surface area contributed by atoms with Crippen LogP contribution in [0.2, 0.25) is 0 Å². The summed E-state index contributed by atoms with van der Waals surface area (Å²) < 4.78 is 41.2. The van der Waals surface area contributed by atoms with Crippen LogP contribution in [0, 0.1) is 18.6 Å². The molecule has 34 heavy (non-hydrogen) atoms. The molecule has 0 fully saturated rings. The normalized spacial score (nSPS) is 12.7. The summed E-state index contributed by atoms with van der Waals surface area (Å²) in [6.45, 7) is 8.05. The fourth-order valence-corrected chi connectivity index (χ4v) is 4.38. The molecule has 0 amide bonds. The minimum Gasteiger partial charge on any atom is -0.455 e. The largest absolute Gasteiger partial charge is 0.455 e. The van der Waals surface area contributed by atoms with Gasteiger partial charge in [-0.1, -0.05) is 32.3 Å². The van der Waals surface area contributed by atoms with Crippen molar-refractivity contribution in [2.75, 3.05) is 0 Å². The summed E-state index contributed by atoms with van der Waals surface area (Å²) in [7, 11) is 0. The van der Waals surface area contributed by atoms with Gasteiger partial charge in [0.15, 0.2) is 5.84 Å². The number of nitrogens with two attached hydrogens (primary N) is 1. The molecule has 0 aliphatic rings. The molecule has 0 bridgehead atoms. The first-order valence-corrected chi connectivity index (χ1v) is 11.9. The highest BCUT2D eigenvalue weighted by molar-refractivity contribution is 7.12. The molecule has 3 aromatic rings. The van der Waals surface area contributed by atoms with Gasteiger partial charge in [-0.15, -0.1) is 11.3 Å². The molecule has 0 aliphatic carbocycles. The number of oxime groups is 1. The summed E-state index contributed by atoms with van der Waals surface area (Å²) in [6.07, 6.45) is 1.46. The number of aromatic nitrogens is 1. The lowest BCUT2D eigenvalue weighted by Crippen LogP contribution is -2.24. The van der Waals surface area contributed by atoms with Crippen LogP contribution in [0.4, 0.5) is 8.78 Å². The first kappa shape index (κ1) is 25.4. The smallest absolute Gasteiger partial charge is 0.241 e. The van der Waals surface area contributed by atoms with E-state index in [0.717, 1.165) is 28.8 Å². The molecule has 9 heteroatoms. The molecule has 182 valence electrons. The third-order valence-electron chi connectivity index (χ3n) is 5.13. The van der Waals surface area contributed by atoms with E-state index in [-0.39, 0.29) is 23.1 Å². The fraction of sp³-hybridized carbons (Fsp3) is 0.360. The number of thiazole rings is 1. The van der Waals surface area contributed by atoms with Crippen molar-refractivity contribution >= 4 is 17.2 Å². The first-order chi connectivity index (χ1) is 16.2. The Bertz CT molecular complexity index is 1160. The second-order valence-corrected chi connectivity index (χ2v) is 9.41. The van der Waals surface area contributed by atoms with Gasteiger partial charge in [-0.3, -0.25) is 0 Å². The highest BCUT2D eigenvalue weighted by Gasteiger charge is 2.20. The summed E-state index contributed by atoms with van der Waals surface area (Å²) >= 11 is 1.57. The van der Waals surface area contributed by atoms with E-state index in [0.29, 0.717) is 23.4 Å². The molecule has 0 saturated heterocycles. The number of halogens is 2. The van der Waals surface area contributed by atoms with Crippen LogP contribution in [0.15, 0.2) is 41.6 Å². The molecule has 0 saturated carbocycles. The van der Waals surface area contributed by atoms with Crippen LogP contribution in [-0.4, -0.2) is 22.3 Å². The predicted molar refractivity (Wildman–Crippen MR) is 130 cm³/mol. The van der Waals surface area contributed by atoms with Crippen molar-refractivity contribution in [3.63, 3.8) is 0 Å². The van der Waals surface area contributed by atoms with Crippen LogP contribution in [0.3, 0.4) is 0 Å². The molecule has 0 aliphatic heterocycles. The fourth-order valence-electron chi connectivity index (χ4n) is 3.44. The third kappa shape index (κ3) is 6.02. The second-order valence-electron chi connectivity index (χ2n) is 8.18. The summed E-state index contributed by atoms with van der Waals surface area (Å²) in [4.78, 5) is 5.56. The Morgan fingerprint density at radius 1 is 1.12 bits per heavy atom. The van der Waals surface area contributed by atoms with E-state index >= 15 is 4.39 Å². The van der Waals surface area contributed by atoms with Crippen LogP contribution >= 0.6 is 11.3 Å². The minimum absolute atomic E-state index is 0.0448. The Labute approximate surface area is 202 Å². The van der Waals surface area contributed by atoms with Crippen molar-refractivity contribution in [1.82, 2.24) is 4.98 Å². The lowest BCUT2D eigenvalue weighted by molar-refractivity contribution is -0.00248. The lowest BCUT2D eigenvalue weighted by atomic mass is 10.0. The van der Waals surface area contributed by atoms with E-state index in [4.69, 9.17) is 20.4 Å². The molecule has 2 aromatic carbocycles. The lowest BCUT2D eigenvalue weighted by Gasteiger charge is -2.21. The van der Waals surface area contributed by atoms with E-state index in [2.05, 4.69) is 24.0 Å². The second kappa shape index (κ2) is 11.3. The zero-order valence-electron chi connectivity index (χ0n) is 19.6. The number of rotatable bonds is 10. The minimum atomic E-state index is -0.757. The maximum absolute atomic E-state index is 15.1. The van der Waals surface area contributed by atoms with Crippen LogP contribution < -0.4 is 15.2 Å². The molecule has 1 heterocycles. The van der Waals surface area contributed by atoms with Crippen molar-refractivity contribution in [3.05, 3.63) is 63.5 Å². The zero-order valence-corrected chi connectivity index (χ0v) is 20.5. The number of hydrogen-bond acceptors (Lipinski definition) is 6. The van der Waals surface area contributed by atoms with Gasteiger partial charge in [0.25, 0.3) is 0 Å². The van der Waals surface area contributed by atoms with Gasteiger partial charge >= 0.3 is 0 Å². The summed E-state index contributed by atoms with van der Waals surface area (Å²) in [5.41, 5.74) is 6.50. The summed E-state index contributed by atoms with van der Waals surface area (Å²) in [5, 5.41) is 12.5. The van der Waals surface area contributed by atoms with Crippen molar-refractivity contribution < 1.29 is 23.5 Å². The maximum Gasteiger partial charge on any atom is 0.241 e. The highest BCUT2D eigenvalue weighted by Crippen LogP contribution is 2.36. The molecule has 3 N–H and O–H groups in total. The Morgan fingerprint density at radius 2 is 1.76 bits per heavy atom. The van der Waals surface area contributed by atoms with Crippen molar-refractivity contribution in [2.24, 2.45) is 10.9 Å². The number of aryl methyl sites for hydroxylation is 1. The van der Waals surface area contributed by atoms with Gasteiger partial charge < -0.3 is 20.4 Å². The number of benzene rings is 2. The molecular formula is C25H29F2N3O3S. The van der Waals surface area contributed by atoms with Gasteiger partial charge in [0.05, 0.1) is 16.3 Å². The van der Waals surface area contributed by atoms with E-state index < -0.39 is 17.9 Å². The van der Waals surface area contributed by atoms with Gasteiger partial charge in [0.2, 0.25) is 6.29 Å². The van der Waals surface area contributed by atoms with Crippen LogP contribution in [0.25, 0.3) is 11.3 Å². The third-order valence-corrected chi connectivity index (χ3v) is 6.40. The molecule has 6 nitrogen and oxygen atoms in total. The van der Waals surface area contributed by atoms with E-state index in [1.807, 2.05) is 13.8 Å². The van der Waals surface area contributed by atoms with Crippen LogP contribution in [0.5, 0.6) is 11.5 Å². The number of amidine groups is 1. The predicted octanol–water partition coefficient (Wildman–Crippen LogP) is 6.59. The summed E-state index contributed by atoms with van der Waals surface area (Å²) in [5.74, 6) is -0.729. The molecule has 0 radical (unpaired) electrons. The van der Waals surface area contributed by atoms with Crippen LogP contribution in [0.1, 0.15) is 61.4 Å². The SMILES string of the molecule is CCCCC(Oc1ccc(C(N)=NO)c(F)c1)Oc1ccc(-c2nc(C)sc2C(C)C)c(F)c1. The molecule has 0 spiro atoms. The first-order valence-electron chi connectivity index (χ1n) is 11.1. The highest BCUT2D eigenvalue weighted by atomic mass is 32.1. The van der Waals surface area contributed by atoms with Gasteiger partial charge in [-0.05, 0) is 43.5 Å². The topological polar surface area (TPSA) is 90.0 Å². The Hall–Kier alpha value is -3.20. The van der Waals surface area contributed by atoms with Gasteiger partial charge in [-0.2, -0.15) is 0 Å².